The second kappa shape index (κ2) is 5.68. The normalized spacial score (nSPS) is 18.1. The predicted molar refractivity (Wildman–Crippen MR) is 78.3 cm³/mol. The summed E-state index contributed by atoms with van der Waals surface area (Å²) in [5, 5.41) is 15.3. The molecule has 0 aliphatic carbocycles. The molecule has 0 aromatic carbocycles. The summed E-state index contributed by atoms with van der Waals surface area (Å²) in [7, 11) is 3.03. The standard InChI is InChI=1S/C12H18N4O3S/c1-14-10(18)7-8(13)9(11(19)15-2)20-12(7)16-4-3-6(17)5-16/h6,17H,3-5,13H2,1-2H3,(H,14,18)(H,15,19). The smallest absolute Gasteiger partial charge is 0.263 e. The maximum absolute atomic E-state index is 12.0. The van der Waals surface area contributed by atoms with E-state index in [1.54, 1.807) is 0 Å². The van der Waals surface area contributed by atoms with Crippen LogP contribution in [-0.2, 0) is 0 Å². The first kappa shape index (κ1) is 14.6. The third kappa shape index (κ3) is 2.44. The molecule has 2 rings (SSSR count). The number of carbonyl (C=O) groups excluding carboxylic acids is 2. The zero-order chi connectivity index (χ0) is 14.9. The van der Waals surface area contributed by atoms with Crippen molar-refractivity contribution >= 4 is 33.8 Å². The summed E-state index contributed by atoms with van der Waals surface area (Å²) in [6.07, 6.45) is 0.222. The van der Waals surface area contributed by atoms with E-state index in [4.69, 9.17) is 5.73 Å². The van der Waals surface area contributed by atoms with Crippen molar-refractivity contribution in [2.45, 2.75) is 12.5 Å². The van der Waals surface area contributed by atoms with Crippen LogP contribution in [0.1, 0.15) is 26.5 Å². The topological polar surface area (TPSA) is 108 Å². The van der Waals surface area contributed by atoms with Gasteiger partial charge in [0.2, 0.25) is 0 Å². The minimum absolute atomic E-state index is 0.185. The van der Waals surface area contributed by atoms with Crippen molar-refractivity contribution in [3.05, 3.63) is 10.4 Å². The number of rotatable bonds is 3. The SMILES string of the molecule is CNC(=O)c1sc(N2CCC(O)C2)c(C(=O)NC)c1N. The van der Waals surface area contributed by atoms with Crippen molar-refractivity contribution in [2.24, 2.45) is 0 Å². The fraction of sp³-hybridized carbons (Fsp3) is 0.500. The van der Waals surface area contributed by atoms with Crippen LogP contribution in [0.5, 0.6) is 0 Å². The van der Waals surface area contributed by atoms with Crippen molar-refractivity contribution in [2.75, 3.05) is 37.8 Å². The molecule has 110 valence electrons. The van der Waals surface area contributed by atoms with Gasteiger partial charge in [0.1, 0.15) is 9.88 Å². The molecule has 0 radical (unpaired) electrons. The Morgan fingerprint density at radius 1 is 1.35 bits per heavy atom. The molecule has 1 aromatic heterocycles. The number of hydrogen-bond acceptors (Lipinski definition) is 6. The maximum Gasteiger partial charge on any atom is 0.263 e. The van der Waals surface area contributed by atoms with Crippen LogP contribution in [-0.4, -0.2) is 50.2 Å². The number of anilines is 2. The van der Waals surface area contributed by atoms with E-state index < -0.39 is 6.10 Å². The Bertz CT molecular complexity index is 543. The van der Waals surface area contributed by atoms with Crippen LogP contribution in [0.2, 0.25) is 0 Å². The molecule has 2 heterocycles. The molecule has 0 bridgehead atoms. The molecule has 0 spiro atoms. The number of thiophene rings is 1. The lowest BCUT2D eigenvalue weighted by atomic mass is 10.2. The summed E-state index contributed by atoms with van der Waals surface area (Å²) in [6.45, 7) is 1.08. The molecule has 2 amide bonds. The molecule has 8 heteroatoms. The van der Waals surface area contributed by atoms with Crippen LogP contribution in [0.3, 0.4) is 0 Å². The van der Waals surface area contributed by atoms with Crippen molar-refractivity contribution < 1.29 is 14.7 Å². The minimum Gasteiger partial charge on any atom is -0.397 e. The number of β-amino-alcohol motifs (C(OH)–C–C–N with tert-alkyl or cyclic N) is 1. The molecular weight excluding hydrogens is 280 g/mol. The van der Waals surface area contributed by atoms with Gasteiger partial charge in [-0.1, -0.05) is 0 Å². The summed E-state index contributed by atoms with van der Waals surface area (Å²) in [4.78, 5) is 26.0. The van der Waals surface area contributed by atoms with Crippen LogP contribution in [0.15, 0.2) is 0 Å². The molecule has 20 heavy (non-hydrogen) atoms. The Hall–Kier alpha value is -1.80. The summed E-state index contributed by atoms with van der Waals surface area (Å²) in [5.41, 5.74) is 6.45. The number of aliphatic hydroxyl groups excluding tert-OH is 1. The third-order valence-corrected chi connectivity index (χ3v) is 4.53. The number of amides is 2. The largest absolute Gasteiger partial charge is 0.397 e. The van der Waals surface area contributed by atoms with Gasteiger partial charge in [-0.05, 0) is 6.42 Å². The Morgan fingerprint density at radius 3 is 2.50 bits per heavy atom. The minimum atomic E-state index is -0.417. The highest BCUT2D eigenvalue weighted by Crippen LogP contribution is 2.39. The highest BCUT2D eigenvalue weighted by Gasteiger charge is 2.30. The molecule has 1 unspecified atom stereocenters. The Balaban J connectivity index is 2.48. The lowest BCUT2D eigenvalue weighted by Gasteiger charge is -2.17. The summed E-state index contributed by atoms with van der Waals surface area (Å²) >= 11 is 1.18. The van der Waals surface area contributed by atoms with Crippen LogP contribution in [0, 0.1) is 0 Å². The predicted octanol–water partition coefficient (Wildman–Crippen LogP) is -0.379. The number of hydrogen-bond donors (Lipinski definition) is 4. The molecule has 5 N–H and O–H groups in total. The zero-order valence-electron chi connectivity index (χ0n) is 11.4. The van der Waals surface area contributed by atoms with Crippen molar-refractivity contribution in [1.29, 1.82) is 0 Å². The van der Waals surface area contributed by atoms with Gasteiger partial charge >= 0.3 is 0 Å². The molecule has 1 fully saturated rings. The first-order chi connectivity index (χ1) is 9.49. The van der Waals surface area contributed by atoms with Crippen LogP contribution < -0.4 is 21.3 Å². The summed E-state index contributed by atoms with van der Waals surface area (Å²) < 4.78 is 0. The van der Waals surface area contributed by atoms with E-state index in [-0.39, 0.29) is 17.5 Å². The van der Waals surface area contributed by atoms with Crippen LogP contribution in [0.25, 0.3) is 0 Å². The second-order valence-corrected chi connectivity index (χ2v) is 5.57. The quantitative estimate of drug-likeness (QED) is 0.608. The highest BCUT2D eigenvalue weighted by molar-refractivity contribution is 7.19. The van der Waals surface area contributed by atoms with Crippen molar-refractivity contribution in [1.82, 2.24) is 10.6 Å². The van der Waals surface area contributed by atoms with Crippen LogP contribution in [0.4, 0.5) is 10.7 Å². The highest BCUT2D eigenvalue weighted by atomic mass is 32.1. The van der Waals surface area contributed by atoms with Gasteiger partial charge in [0.15, 0.2) is 0 Å². The second-order valence-electron chi connectivity index (χ2n) is 4.57. The monoisotopic (exact) mass is 298 g/mol. The van der Waals surface area contributed by atoms with Crippen LogP contribution >= 0.6 is 11.3 Å². The number of nitrogens with zero attached hydrogens (tertiary/aromatic N) is 1. The molecular formula is C12H18N4O3S. The lowest BCUT2D eigenvalue weighted by molar-refractivity contribution is 0.0963. The molecule has 7 nitrogen and oxygen atoms in total. The van der Waals surface area contributed by atoms with E-state index in [1.807, 2.05) is 4.90 Å². The van der Waals surface area contributed by atoms with Gasteiger partial charge in [0.25, 0.3) is 11.8 Å². The van der Waals surface area contributed by atoms with E-state index in [2.05, 4.69) is 10.6 Å². The van der Waals surface area contributed by atoms with Gasteiger partial charge in [-0.3, -0.25) is 9.59 Å². The zero-order valence-corrected chi connectivity index (χ0v) is 12.2. The molecule has 1 aliphatic heterocycles. The molecule has 1 saturated heterocycles. The van der Waals surface area contributed by atoms with Gasteiger partial charge in [-0.15, -0.1) is 11.3 Å². The van der Waals surface area contributed by atoms with E-state index >= 15 is 0 Å². The Labute approximate surface area is 120 Å². The molecule has 1 aromatic rings. The fourth-order valence-electron chi connectivity index (χ4n) is 2.21. The van der Waals surface area contributed by atoms with Gasteiger partial charge in [0.05, 0.1) is 17.4 Å². The van der Waals surface area contributed by atoms with E-state index in [9.17, 15) is 14.7 Å². The Kier molecular flexibility index (Phi) is 4.15. The maximum atomic E-state index is 12.0. The van der Waals surface area contributed by atoms with Gasteiger partial charge in [-0.25, -0.2) is 0 Å². The molecule has 1 aliphatic rings. The lowest BCUT2D eigenvalue weighted by Crippen LogP contribution is -2.25. The molecule has 0 saturated carbocycles. The average Bonchev–Trinajstić information content (AvgIpc) is 3.01. The Morgan fingerprint density at radius 2 is 2.00 bits per heavy atom. The average molecular weight is 298 g/mol. The van der Waals surface area contributed by atoms with Gasteiger partial charge in [0, 0.05) is 27.2 Å². The van der Waals surface area contributed by atoms with Crippen molar-refractivity contribution in [3.63, 3.8) is 0 Å². The van der Waals surface area contributed by atoms with E-state index in [0.717, 1.165) is 0 Å². The first-order valence-electron chi connectivity index (χ1n) is 6.29. The number of aliphatic hydroxyl groups is 1. The summed E-state index contributed by atoms with van der Waals surface area (Å²) in [6, 6.07) is 0. The third-order valence-electron chi connectivity index (χ3n) is 3.26. The summed E-state index contributed by atoms with van der Waals surface area (Å²) in [5.74, 6) is -0.644. The number of nitrogen functional groups attached to an aromatic ring is 1. The fourth-order valence-corrected chi connectivity index (χ4v) is 3.41. The van der Waals surface area contributed by atoms with E-state index in [1.165, 1.54) is 25.4 Å². The van der Waals surface area contributed by atoms with Crippen molar-refractivity contribution in [3.8, 4) is 0 Å². The van der Waals surface area contributed by atoms with E-state index in [0.29, 0.717) is 35.0 Å². The molecule has 1 atom stereocenters. The van der Waals surface area contributed by atoms with Gasteiger partial charge < -0.3 is 26.4 Å². The number of carbonyl (C=O) groups is 2. The number of nitrogens with two attached hydrogens (primary N) is 1. The first-order valence-corrected chi connectivity index (χ1v) is 7.10. The number of nitrogens with one attached hydrogen (secondary N) is 2. The van der Waals surface area contributed by atoms with Gasteiger partial charge in [-0.2, -0.15) is 0 Å².